The molecule has 1 atom stereocenters. The van der Waals surface area contributed by atoms with Crippen molar-refractivity contribution in [3.8, 4) is 5.75 Å². The third-order valence-corrected chi connectivity index (χ3v) is 2.82. The first kappa shape index (κ1) is 14.5. The second kappa shape index (κ2) is 6.47. The molecular formula is C14H18FN3O2. The minimum Gasteiger partial charge on any atom is -0.481 e. The van der Waals surface area contributed by atoms with Crippen molar-refractivity contribution < 1.29 is 13.7 Å². The fourth-order valence-electron chi connectivity index (χ4n) is 1.73. The quantitative estimate of drug-likeness (QED) is 0.880. The first-order valence-corrected chi connectivity index (χ1v) is 6.59. The molecule has 2 aromatic rings. The van der Waals surface area contributed by atoms with Crippen LogP contribution >= 0.6 is 0 Å². The number of benzene rings is 1. The van der Waals surface area contributed by atoms with Crippen molar-refractivity contribution in [1.82, 2.24) is 10.1 Å². The number of aryl methyl sites for hydroxylation is 1. The number of ether oxygens (including phenoxy) is 1. The summed E-state index contributed by atoms with van der Waals surface area (Å²) < 4.78 is 24.1. The largest absolute Gasteiger partial charge is 0.481 e. The zero-order valence-corrected chi connectivity index (χ0v) is 11.6. The van der Waals surface area contributed by atoms with Gasteiger partial charge in [0.2, 0.25) is 0 Å². The minimum absolute atomic E-state index is 0.0468. The molecule has 1 unspecified atom stereocenters. The third kappa shape index (κ3) is 3.54. The van der Waals surface area contributed by atoms with Gasteiger partial charge in [0.1, 0.15) is 0 Å². The molecule has 0 bridgehead atoms. The van der Waals surface area contributed by atoms with E-state index in [9.17, 15) is 4.39 Å². The van der Waals surface area contributed by atoms with E-state index in [-0.39, 0.29) is 18.4 Å². The number of rotatable bonds is 6. The van der Waals surface area contributed by atoms with Crippen LogP contribution in [0, 0.1) is 5.82 Å². The molecule has 0 aliphatic carbocycles. The Kier molecular flexibility index (Phi) is 4.68. The highest BCUT2D eigenvalue weighted by Crippen LogP contribution is 2.21. The van der Waals surface area contributed by atoms with Crippen LogP contribution in [0.3, 0.4) is 0 Å². The Morgan fingerprint density at radius 3 is 2.90 bits per heavy atom. The van der Waals surface area contributed by atoms with Crippen LogP contribution in [0.1, 0.15) is 43.6 Å². The lowest BCUT2D eigenvalue weighted by Gasteiger charge is -2.09. The van der Waals surface area contributed by atoms with E-state index in [1.165, 1.54) is 6.07 Å². The lowest BCUT2D eigenvalue weighted by atomic mass is 10.1. The van der Waals surface area contributed by atoms with E-state index in [0.717, 1.165) is 18.4 Å². The van der Waals surface area contributed by atoms with Gasteiger partial charge in [-0.15, -0.1) is 0 Å². The summed E-state index contributed by atoms with van der Waals surface area (Å²) in [5.41, 5.74) is 6.41. The fraction of sp³-hybridized carbons (Fsp3) is 0.429. The van der Waals surface area contributed by atoms with E-state index < -0.39 is 5.82 Å². The average Bonchev–Trinajstić information content (AvgIpc) is 2.85. The molecule has 1 aromatic heterocycles. The molecular weight excluding hydrogens is 261 g/mol. The van der Waals surface area contributed by atoms with Gasteiger partial charge in [0.15, 0.2) is 24.0 Å². The first-order valence-electron chi connectivity index (χ1n) is 6.59. The predicted molar refractivity (Wildman–Crippen MR) is 71.6 cm³/mol. The number of nitrogens with two attached hydrogens (primary N) is 1. The van der Waals surface area contributed by atoms with Crippen molar-refractivity contribution in [2.75, 3.05) is 0 Å². The molecule has 0 aliphatic rings. The van der Waals surface area contributed by atoms with Gasteiger partial charge in [0, 0.05) is 12.5 Å². The summed E-state index contributed by atoms with van der Waals surface area (Å²) in [6.45, 7) is 3.87. The zero-order chi connectivity index (χ0) is 14.5. The molecule has 0 saturated carbocycles. The van der Waals surface area contributed by atoms with Crippen LogP contribution in [-0.4, -0.2) is 10.1 Å². The fourth-order valence-corrected chi connectivity index (χ4v) is 1.73. The van der Waals surface area contributed by atoms with Gasteiger partial charge in [0.05, 0.1) is 0 Å². The van der Waals surface area contributed by atoms with Crippen LogP contribution in [-0.2, 0) is 13.0 Å². The van der Waals surface area contributed by atoms with Crippen LogP contribution < -0.4 is 10.5 Å². The van der Waals surface area contributed by atoms with E-state index in [4.69, 9.17) is 15.0 Å². The highest BCUT2D eigenvalue weighted by molar-refractivity contribution is 5.30. The summed E-state index contributed by atoms with van der Waals surface area (Å²) in [6.07, 6.45) is 1.69. The Balaban J connectivity index is 1.99. The van der Waals surface area contributed by atoms with Gasteiger partial charge in [-0.3, -0.25) is 0 Å². The summed E-state index contributed by atoms with van der Waals surface area (Å²) in [7, 11) is 0. The van der Waals surface area contributed by atoms with Crippen LogP contribution in [0.5, 0.6) is 5.75 Å². The second-order valence-corrected chi connectivity index (χ2v) is 4.62. The summed E-state index contributed by atoms with van der Waals surface area (Å²) in [5.74, 6) is 0.667. The molecule has 0 saturated heterocycles. The van der Waals surface area contributed by atoms with Gasteiger partial charge in [-0.1, -0.05) is 18.1 Å². The number of nitrogens with zero attached hydrogens (tertiary/aromatic N) is 2. The second-order valence-electron chi connectivity index (χ2n) is 4.62. The summed E-state index contributed by atoms with van der Waals surface area (Å²) >= 11 is 0. The van der Waals surface area contributed by atoms with Gasteiger partial charge < -0.3 is 15.0 Å². The lowest BCUT2D eigenvalue weighted by molar-refractivity contribution is 0.234. The molecule has 20 heavy (non-hydrogen) atoms. The van der Waals surface area contributed by atoms with Gasteiger partial charge >= 0.3 is 0 Å². The monoisotopic (exact) mass is 279 g/mol. The Hall–Kier alpha value is -1.95. The Bertz CT molecular complexity index is 569. The first-order chi connectivity index (χ1) is 9.60. The average molecular weight is 279 g/mol. The van der Waals surface area contributed by atoms with Crippen LogP contribution in [0.25, 0.3) is 0 Å². The lowest BCUT2D eigenvalue weighted by Crippen LogP contribution is -2.06. The van der Waals surface area contributed by atoms with Crippen molar-refractivity contribution in [1.29, 1.82) is 0 Å². The minimum atomic E-state index is -0.451. The molecule has 5 nitrogen and oxygen atoms in total. The predicted octanol–water partition coefficient (Wildman–Crippen LogP) is 2.76. The molecule has 0 amide bonds. The van der Waals surface area contributed by atoms with Crippen molar-refractivity contribution in [3.63, 3.8) is 0 Å². The van der Waals surface area contributed by atoms with Crippen LogP contribution in [0.15, 0.2) is 22.7 Å². The van der Waals surface area contributed by atoms with E-state index in [0.29, 0.717) is 11.7 Å². The summed E-state index contributed by atoms with van der Waals surface area (Å²) in [6, 6.07) is 4.44. The standard InChI is InChI=1S/C14H18FN3O2/c1-3-4-13-17-14(20-18-13)8-19-12-6-5-10(9(2)16)7-11(12)15/h5-7,9H,3-4,8,16H2,1-2H3. The molecule has 1 heterocycles. The SMILES string of the molecule is CCCc1noc(COc2ccc(C(C)N)cc2F)n1. The van der Waals surface area contributed by atoms with Crippen LogP contribution in [0.4, 0.5) is 4.39 Å². The van der Waals surface area contributed by atoms with Crippen molar-refractivity contribution >= 4 is 0 Å². The molecule has 1 aromatic carbocycles. The molecule has 2 N–H and O–H groups in total. The molecule has 0 aliphatic heterocycles. The smallest absolute Gasteiger partial charge is 0.264 e. The van der Waals surface area contributed by atoms with Crippen molar-refractivity contribution in [3.05, 3.63) is 41.3 Å². The number of hydrogen-bond acceptors (Lipinski definition) is 5. The third-order valence-electron chi connectivity index (χ3n) is 2.82. The Labute approximate surface area is 116 Å². The maximum atomic E-state index is 13.8. The van der Waals surface area contributed by atoms with E-state index in [1.807, 2.05) is 6.92 Å². The number of hydrogen-bond donors (Lipinski definition) is 1. The summed E-state index contributed by atoms with van der Waals surface area (Å²) in [4.78, 5) is 4.15. The Morgan fingerprint density at radius 2 is 2.25 bits per heavy atom. The highest BCUT2D eigenvalue weighted by atomic mass is 19.1. The molecule has 0 spiro atoms. The van der Waals surface area contributed by atoms with Gasteiger partial charge in [0.25, 0.3) is 5.89 Å². The molecule has 2 rings (SSSR count). The van der Waals surface area contributed by atoms with Gasteiger partial charge in [-0.05, 0) is 31.0 Å². The molecule has 0 fully saturated rings. The molecule has 0 radical (unpaired) electrons. The number of halogens is 1. The van der Waals surface area contributed by atoms with E-state index >= 15 is 0 Å². The van der Waals surface area contributed by atoms with Crippen LogP contribution in [0.2, 0.25) is 0 Å². The van der Waals surface area contributed by atoms with E-state index in [2.05, 4.69) is 10.1 Å². The maximum absolute atomic E-state index is 13.8. The van der Waals surface area contributed by atoms with Gasteiger partial charge in [-0.25, -0.2) is 4.39 Å². The maximum Gasteiger partial charge on any atom is 0.264 e. The Morgan fingerprint density at radius 1 is 1.45 bits per heavy atom. The van der Waals surface area contributed by atoms with Crippen molar-refractivity contribution in [2.24, 2.45) is 5.73 Å². The normalized spacial score (nSPS) is 12.4. The molecule has 108 valence electrons. The molecule has 6 heteroatoms. The summed E-state index contributed by atoms with van der Waals surface area (Å²) in [5, 5.41) is 3.80. The zero-order valence-electron chi connectivity index (χ0n) is 11.6. The van der Waals surface area contributed by atoms with E-state index in [1.54, 1.807) is 19.1 Å². The topological polar surface area (TPSA) is 74.2 Å². The van der Waals surface area contributed by atoms with Crippen molar-refractivity contribution in [2.45, 2.75) is 39.3 Å². The highest BCUT2D eigenvalue weighted by Gasteiger charge is 2.10. The number of aromatic nitrogens is 2. The van der Waals surface area contributed by atoms with Gasteiger partial charge in [-0.2, -0.15) is 4.98 Å².